The summed E-state index contributed by atoms with van der Waals surface area (Å²) in [6.07, 6.45) is 3.70. The van der Waals surface area contributed by atoms with Crippen molar-refractivity contribution in [2.75, 3.05) is 5.32 Å². The molecule has 5 rings (SSSR count). The first-order chi connectivity index (χ1) is 15.4. The lowest BCUT2D eigenvalue weighted by atomic mass is 9.93. The van der Waals surface area contributed by atoms with Crippen molar-refractivity contribution >= 4 is 23.2 Å². The monoisotopic (exact) mass is 445 g/mol. The van der Waals surface area contributed by atoms with Crippen LogP contribution in [0.2, 0.25) is 5.02 Å². The summed E-state index contributed by atoms with van der Waals surface area (Å²) < 4.78 is 8.00. The molecule has 2 aromatic heterocycles. The predicted octanol–water partition coefficient (Wildman–Crippen LogP) is 6.12. The molecule has 0 bridgehead atoms. The topological polar surface area (TPSA) is 60.1 Å². The standard InChI is InChI=1S/C26H24ClN3O2/c1-15-4-7-18(8-5-15)13-30-14-19-9-11-22-23(24(19)29-30)17(3)25(32-22)26(31)28-21-10-6-16(2)12-20(21)27/h4-8,10,12,14H,9,11,13H2,1-3H3,(H,28,31). The van der Waals surface area contributed by atoms with Crippen molar-refractivity contribution in [3.8, 4) is 11.3 Å². The number of halogens is 1. The number of nitrogens with one attached hydrogen (secondary N) is 1. The summed E-state index contributed by atoms with van der Waals surface area (Å²) in [6.45, 7) is 6.67. The molecule has 1 N–H and O–H groups in total. The molecule has 0 aliphatic heterocycles. The minimum Gasteiger partial charge on any atom is -0.455 e. The fourth-order valence-electron chi connectivity index (χ4n) is 4.24. The van der Waals surface area contributed by atoms with Gasteiger partial charge in [-0.25, -0.2) is 0 Å². The first-order valence-corrected chi connectivity index (χ1v) is 11.1. The number of hydrogen-bond acceptors (Lipinski definition) is 3. The summed E-state index contributed by atoms with van der Waals surface area (Å²) >= 11 is 6.29. The Balaban J connectivity index is 1.44. The van der Waals surface area contributed by atoms with E-state index in [2.05, 4.69) is 42.7 Å². The Morgan fingerprint density at radius 1 is 1.09 bits per heavy atom. The van der Waals surface area contributed by atoms with E-state index in [4.69, 9.17) is 21.1 Å². The third-order valence-electron chi connectivity index (χ3n) is 5.96. The minimum absolute atomic E-state index is 0.303. The molecule has 0 spiro atoms. The number of hydrogen-bond donors (Lipinski definition) is 1. The van der Waals surface area contributed by atoms with Crippen LogP contribution in [0.5, 0.6) is 0 Å². The van der Waals surface area contributed by atoms with Crippen molar-refractivity contribution in [2.24, 2.45) is 0 Å². The summed E-state index contributed by atoms with van der Waals surface area (Å²) in [5, 5.41) is 8.24. The molecule has 2 aromatic carbocycles. The molecular formula is C26H24ClN3O2. The van der Waals surface area contributed by atoms with E-state index in [1.165, 1.54) is 16.7 Å². The number of furan rings is 1. The molecule has 1 aliphatic rings. The molecule has 0 fully saturated rings. The van der Waals surface area contributed by atoms with Gasteiger partial charge < -0.3 is 9.73 Å². The molecule has 1 amide bonds. The SMILES string of the molecule is Cc1ccc(Cn2cc3c(n2)-c2c(oc(C(=O)Nc4ccc(C)cc4Cl)c2C)CC3)cc1. The summed E-state index contributed by atoms with van der Waals surface area (Å²) in [7, 11) is 0. The van der Waals surface area contributed by atoms with Crippen LogP contribution >= 0.6 is 11.6 Å². The molecular weight excluding hydrogens is 422 g/mol. The number of nitrogens with zero attached hydrogens (tertiary/aromatic N) is 2. The normalized spacial score (nSPS) is 12.4. The van der Waals surface area contributed by atoms with Gasteiger partial charge >= 0.3 is 0 Å². The van der Waals surface area contributed by atoms with Crippen molar-refractivity contribution in [2.45, 2.75) is 40.2 Å². The summed E-state index contributed by atoms with van der Waals surface area (Å²) in [6, 6.07) is 14.0. The van der Waals surface area contributed by atoms with Crippen molar-refractivity contribution in [3.05, 3.63) is 93.0 Å². The van der Waals surface area contributed by atoms with Gasteiger partial charge in [0, 0.05) is 23.7 Å². The largest absolute Gasteiger partial charge is 0.455 e. The molecule has 32 heavy (non-hydrogen) atoms. The number of amides is 1. The zero-order valence-electron chi connectivity index (χ0n) is 18.3. The highest BCUT2D eigenvalue weighted by Gasteiger charge is 2.30. The molecule has 0 saturated carbocycles. The number of benzene rings is 2. The number of carbonyl (C=O) groups is 1. The van der Waals surface area contributed by atoms with Gasteiger partial charge in [-0.15, -0.1) is 0 Å². The summed E-state index contributed by atoms with van der Waals surface area (Å²) in [5.41, 5.74) is 7.88. The smallest absolute Gasteiger partial charge is 0.291 e. The maximum absolute atomic E-state index is 13.0. The van der Waals surface area contributed by atoms with Crippen LogP contribution in [0.15, 0.2) is 53.1 Å². The molecule has 0 radical (unpaired) electrons. The van der Waals surface area contributed by atoms with Crippen molar-refractivity contribution in [1.29, 1.82) is 0 Å². The lowest BCUT2D eigenvalue weighted by Crippen LogP contribution is -2.12. The van der Waals surface area contributed by atoms with Crippen LogP contribution in [0.4, 0.5) is 5.69 Å². The fourth-order valence-corrected chi connectivity index (χ4v) is 4.52. The Morgan fingerprint density at radius 2 is 1.84 bits per heavy atom. The molecule has 0 atom stereocenters. The zero-order chi connectivity index (χ0) is 22.4. The van der Waals surface area contributed by atoms with Gasteiger partial charge in [-0.2, -0.15) is 5.10 Å². The van der Waals surface area contributed by atoms with E-state index in [1.54, 1.807) is 6.07 Å². The summed E-state index contributed by atoms with van der Waals surface area (Å²) in [4.78, 5) is 13.0. The van der Waals surface area contributed by atoms with Gasteiger partial charge in [-0.3, -0.25) is 9.48 Å². The van der Waals surface area contributed by atoms with Crippen LogP contribution in [0.1, 0.15) is 44.1 Å². The average molecular weight is 446 g/mol. The van der Waals surface area contributed by atoms with E-state index < -0.39 is 0 Å². The summed E-state index contributed by atoms with van der Waals surface area (Å²) in [5.74, 6) is 0.826. The molecule has 1 aliphatic carbocycles. The van der Waals surface area contributed by atoms with Gasteiger partial charge in [0.05, 0.1) is 22.9 Å². The first-order valence-electron chi connectivity index (χ1n) is 10.7. The van der Waals surface area contributed by atoms with Crippen molar-refractivity contribution < 1.29 is 9.21 Å². The zero-order valence-corrected chi connectivity index (χ0v) is 19.1. The Kier molecular flexibility index (Phi) is 5.14. The van der Waals surface area contributed by atoms with E-state index in [9.17, 15) is 4.79 Å². The second-order valence-electron chi connectivity index (χ2n) is 8.48. The van der Waals surface area contributed by atoms with Crippen LogP contribution in [-0.2, 0) is 19.4 Å². The van der Waals surface area contributed by atoms with E-state index in [0.29, 0.717) is 23.0 Å². The number of aromatic nitrogens is 2. The van der Waals surface area contributed by atoms with Gasteiger partial charge in [0.1, 0.15) is 5.76 Å². The third-order valence-corrected chi connectivity index (χ3v) is 6.27. The van der Waals surface area contributed by atoms with Crippen LogP contribution in [0.25, 0.3) is 11.3 Å². The molecule has 6 heteroatoms. The maximum atomic E-state index is 13.0. The van der Waals surface area contributed by atoms with Crippen molar-refractivity contribution in [1.82, 2.24) is 9.78 Å². The van der Waals surface area contributed by atoms with Gasteiger partial charge in [0.2, 0.25) is 0 Å². The van der Waals surface area contributed by atoms with E-state index >= 15 is 0 Å². The number of aryl methyl sites for hydroxylation is 4. The Morgan fingerprint density at radius 3 is 2.59 bits per heavy atom. The first kappa shape index (κ1) is 20.6. The number of rotatable bonds is 4. The predicted molar refractivity (Wildman–Crippen MR) is 126 cm³/mol. The van der Waals surface area contributed by atoms with Crippen molar-refractivity contribution in [3.63, 3.8) is 0 Å². The van der Waals surface area contributed by atoms with E-state index in [0.717, 1.165) is 41.0 Å². The molecule has 5 nitrogen and oxygen atoms in total. The second-order valence-corrected chi connectivity index (χ2v) is 8.89. The average Bonchev–Trinajstić information content (AvgIpc) is 3.32. The van der Waals surface area contributed by atoms with E-state index in [-0.39, 0.29) is 5.91 Å². The Bertz CT molecular complexity index is 1330. The Hall–Kier alpha value is -3.31. The van der Waals surface area contributed by atoms with E-state index in [1.807, 2.05) is 30.7 Å². The third kappa shape index (κ3) is 3.73. The van der Waals surface area contributed by atoms with Gasteiger partial charge in [-0.05, 0) is 56.0 Å². The number of fused-ring (bicyclic) bond motifs is 3. The maximum Gasteiger partial charge on any atom is 0.291 e. The highest BCUT2D eigenvalue weighted by Crippen LogP contribution is 2.38. The lowest BCUT2D eigenvalue weighted by Gasteiger charge is -2.09. The highest BCUT2D eigenvalue weighted by atomic mass is 35.5. The van der Waals surface area contributed by atoms with Crippen LogP contribution < -0.4 is 5.32 Å². The molecule has 0 unspecified atom stereocenters. The lowest BCUT2D eigenvalue weighted by molar-refractivity contribution is 0.0994. The van der Waals surface area contributed by atoms with Crippen LogP contribution in [-0.4, -0.2) is 15.7 Å². The Labute approximate surface area is 192 Å². The van der Waals surface area contributed by atoms with Gasteiger partial charge in [-0.1, -0.05) is 47.5 Å². The molecule has 4 aromatic rings. The molecule has 162 valence electrons. The number of anilines is 1. The van der Waals surface area contributed by atoms with Crippen LogP contribution in [0.3, 0.4) is 0 Å². The van der Waals surface area contributed by atoms with Gasteiger partial charge in [0.15, 0.2) is 5.76 Å². The highest BCUT2D eigenvalue weighted by molar-refractivity contribution is 6.34. The quantitative estimate of drug-likeness (QED) is 0.411. The van der Waals surface area contributed by atoms with Gasteiger partial charge in [0.25, 0.3) is 5.91 Å². The second kappa shape index (κ2) is 7.99. The number of carbonyl (C=O) groups excluding carboxylic acids is 1. The van der Waals surface area contributed by atoms with Crippen LogP contribution in [0, 0.1) is 20.8 Å². The minimum atomic E-state index is -0.303. The molecule has 0 saturated heterocycles. The fraction of sp³-hybridized carbons (Fsp3) is 0.231. The molecule has 2 heterocycles.